The lowest BCUT2D eigenvalue weighted by atomic mass is 10.4. The number of carbonyl (C=O) groups is 2. The van der Waals surface area contributed by atoms with E-state index in [9.17, 15) is 9.59 Å². The van der Waals surface area contributed by atoms with Crippen molar-refractivity contribution in [3.8, 4) is 0 Å². The maximum atomic E-state index is 9.84. The molecule has 0 aromatic heterocycles. The molecule has 1 atom stereocenters. The van der Waals surface area contributed by atoms with Gasteiger partial charge in [0.15, 0.2) is 0 Å². The summed E-state index contributed by atoms with van der Waals surface area (Å²) in [5.74, 6) is -1.87. The van der Waals surface area contributed by atoms with Crippen LogP contribution in [-0.2, 0) is 9.59 Å². The number of hydrogen-bond acceptors (Lipinski definition) is 3. The van der Waals surface area contributed by atoms with Gasteiger partial charge in [0.1, 0.15) is 6.04 Å². The molecule has 5 nitrogen and oxygen atoms in total. The van der Waals surface area contributed by atoms with Crippen LogP contribution in [0.2, 0.25) is 0 Å². The lowest BCUT2D eigenvalue weighted by molar-refractivity contribution is -0.138. The van der Waals surface area contributed by atoms with Crippen molar-refractivity contribution in [1.82, 2.24) is 0 Å². The van der Waals surface area contributed by atoms with Crippen molar-refractivity contribution in [2.75, 3.05) is 0 Å². The predicted octanol–water partition coefficient (Wildman–Crippen LogP) is 1.01. The lowest BCUT2D eigenvalue weighted by Crippen LogP contribution is -2.25. The second kappa shape index (κ2) is 10.5. The van der Waals surface area contributed by atoms with Gasteiger partial charge in [0.05, 0.1) is 0 Å². The van der Waals surface area contributed by atoms with E-state index in [1.54, 1.807) is 6.08 Å². The van der Waals surface area contributed by atoms with E-state index in [0.29, 0.717) is 0 Å². The third-order valence-electron chi connectivity index (χ3n) is 1.11. The molecule has 0 fully saturated rings. The average molecular weight is 215 g/mol. The predicted molar refractivity (Wildman–Crippen MR) is 57.5 cm³/mol. The second-order valence-corrected chi connectivity index (χ2v) is 2.66. The first-order valence-electron chi connectivity index (χ1n) is 4.46. The summed E-state index contributed by atoms with van der Waals surface area (Å²) in [6.45, 7) is 3.41. The molecular formula is C10H17NO4. The van der Waals surface area contributed by atoms with Crippen LogP contribution in [-0.4, -0.2) is 28.2 Å². The Kier molecular flexibility index (Phi) is 11.0. The normalized spacial score (nSPS) is 12.2. The first-order chi connectivity index (χ1) is 6.91. The molecule has 5 heteroatoms. The quantitative estimate of drug-likeness (QED) is 0.480. The van der Waals surface area contributed by atoms with E-state index in [-0.39, 0.29) is 0 Å². The maximum Gasteiger partial charge on any atom is 0.328 e. The van der Waals surface area contributed by atoms with Crippen molar-refractivity contribution >= 4 is 11.9 Å². The van der Waals surface area contributed by atoms with E-state index < -0.39 is 18.0 Å². The number of carboxylic acids is 2. The highest BCUT2D eigenvalue weighted by Crippen LogP contribution is 1.80. The molecule has 0 aliphatic rings. The molecule has 86 valence electrons. The largest absolute Gasteiger partial charge is 0.480 e. The molecule has 0 aliphatic carbocycles. The zero-order valence-corrected chi connectivity index (χ0v) is 8.88. The fourth-order valence-electron chi connectivity index (χ4n) is 0.353. The minimum Gasteiger partial charge on any atom is -0.480 e. The molecule has 0 spiro atoms. The Morgan fingerprint density at radius 3 is 2.07 bits per heavy atom. The molecule has 0 radical (unpaired) electrons. The third-order valence-corrected chi connectivity index (χ3v) is 1.11. The minimum atomic E-state index is -0.963. The SMILES string of the molecule is CCC=CC=CC(=O)O.C[C@H](N)C(=O)O. The molecule has 0 heterocycles. The lowest BCUT2D eigenvalue weighted by Gasteiger charge is -1.90. The highest BCUT2D eigenvalue weighted by atomic mass is 16.4. The molecule has 4 N–H and O–H groups in total. The topological polar surface area (TPSA) is 101 Å². The van der Waals surface area contributed by atoms with E-state index in [4.69, 9.17) is 15.9 Å². The molecule has 0 saturated heterocycles. The van der Waals surface area contributed by atoms with Gasteiger partial charge in [-0.2, -0.15) is 0 Å². The number of carboxylic acid groups (broad SMARTS) is 2. The van der Waals surface area contributed by atoms with Crippen molar-refractivity contribution in [2.45, 2.75) is 26.3 Å². The average Bonchev–Trinajstić information content (AvgIpc) is 2.13. The van der Waals surface area contributed by atoms with Crippen LogP contribution in [0.1, 0.15) is 20.3 Å². The number of aliphatic carboxylic acids is 2. The van der Waals surface area contributed by atoms with Crippen molar-refractivity contribution in [3.05, 3.63) is 24.3 Å². The second-order valence-electron chi connectivity index (χ2n) is 2.66. The van der Waals surface area contributed by atoms with Gasteiger partial charge in [-0.3, -0.25) is 4.79 Å². The van der Waals surface area contributed by atoms with Gasteiger partial charge in [0.2, 0.25) is 0 Å². The van der Waals surface area contributed by atoms with Gasteiger partial charge in [0.25, 0.3) is 0 Å². The highest BCUT2D eigenvalue weighted by Gasteiger charge is 1.99. The summed E-state index contributed by atoms with van der Waals surface area (Å²) in [5.41, 5.74) is 4.84. The van der Waals surface area contributed by atoms with Crippen LogP contribution in [0.4, 0.5) is 0 Å². The van der Waals surface area contributed by atoms with Gasteiger partial charge >= 0.3 is 11.9 Å². The van der Waals surface area contributed by atoms with Crippen LogP contribution < -0.4 is 5.73 Å². The Bertz CT molecular complexity index is 244. The molecule has 0 unspecified atom stereocenters. The van der Waals surface area contributed by atoms with Gasteiger partial charge < -0.3 is 15.9 Å². The molecule has 15 heavy (non-hydrogen) atoms. The summed E-state index contributed by atoms with van der Waals surface area (Å²) in [5, 5.41) is 16.0. The van der Waals surface area contributed by atoms with E-state index in [1.165, 1.54) is 13.0 Å². The standard InChI is InChI=1S/C7H10O2.C3H7NO2/c1-2-3-4-5-6-7(8)9;1-2(4)3(5)6/h3-6H,2H2,1H3,(H,8,9);2H,4H2,1H3,(H,5,6)/t;2-/m.0/s1. The summed E-state index contributed by atoms with van der Waals surface area (Å²) < 4.78 is 0. The van der Waals surface area contributed by atoms with Gasteiger partial charge in [-0.25, -0.2) is 4.79 Å². The fourth-order valence-corrected chi connectivity index (χ4v) is 0.353. The molecule has 0 aliphatic heterocycles. The Balaban J connectivity index is 0. The summed E-state index contributed by atoms with van der Waals surface area (Å²) in [6, 6.07) is -0.731. The van der Waals surface area contributed by atoms with Crippen LogP contribution in [0.25, 0.3) is 0 Å². The molecule has 0 aromatic carbocycles. The number of rotatable bonds is 4. The zero-order chi connectivity index (χ0) is 12.3. The van der Waals surface area contributed by atoms with Crippen LogP contribution in [0.3, 0.4) is 0 Å². The van der Waals surface area contributed by atoms with Gasteiger partial charge in [-0.15, -0.1) is 0 Å². The smallest absolute Gasteiger partial charge is 0.328 e. The van der Waals surface area contributed by atoms with Crippen LogP contribution in [0.15, 0.2) is 24.3 Å². The Morgan fingerprint density at radius 2 is 1.80 bits per heavy atom. The summed E-state index contributed by atoms with van der Waals surface area (Å²) in [7, 11) is 0. The number of hydrogen-bond donors (Lipinski definition) is 3. The van der Waals surface area contributed by atoms with Crippen LogP contribution >= 0.6 is 0 Å². The molecule has 0 bridgehead atoms. The Morgan fingerprint density at radius 1 is 1.33 bits per heavy atom. The van der Waals surface area contributed by atoms with E-state index in [2.05, 4.69) is 0 Å². The fraction of sp³-hybridized carbons (Fsp3) is 0.400. The first kappa shape index (κ1) is 15.8. The van der Waals surface area contributed by atoms with Gasteiger partial charge in [0, 0.05) is 6.08 Å². The maximum absolute atomic E-state index is 9.84. The zero-order valence-electron chi connectivity index (χ0n) is 8.88. The van der Waals surface area contributed by atoms with Gasteiger partial charge in [-0.1, -0.05) is 25.2 Å². The summed E-state index contributed by atoms with van der Waals surface area (Å²) >= 11 is 0. The van der Waals surface area contributed by atoms with Crippen molar-refractivity contribution < 1.29 is 19.8 Å². The van der Waals surface area contributed by atoms with Gasteiger partial charge in [-0.05, 0) is 13.3 Å². The number of nitrogens with two attached hydrogens (primary N) is 1. The van der Waals surface area contributed by atoms with Crippen molar-refractivity contribution in [2.24, 2.45) is 5.73 Å². The third kappa shape index (κ3) is 19.0. The van der Waals surface area contributed by atoms with Crippen molar-refractivity contribution in [1.29, 1.82) is 0 Å². The van der Waals surface area contributed by atoms with E-state index in [0.717, 1.165) is 12.5 Å². The summed E-state index contributed by atoms with van der Waals surface area (Å²) in [4.78, 5) is 19.4. The minimum absolute atomic E-state index is 0.731. The Hall–Kier alpha value is -1.62. The molecule has 0 saturated carbocycles. The molecule has 0 amide bonds. The molecule has 0 aromatic rings. The number of allylic oxidation sites excluding steroid dienone is 3. The van der Waals surface area contributed by atoms with E-state index >= 15 is 0 Å². The van der Waals surface area contributed by atoms with Crippen LogP contribution in [0, 0.1) is 0 Å². The summed E-state index contributed by atoms with van der Waals surface area (Å²) in [6.07, 6.45) is 7.15. The first-order valence-corrected chi connectivity index (χ1v) is 4.46. The van der Waals surface area contributed by atoms with Crippen molar-refractivity contribution in [3.63, 3.8) is 0 Å². The van der Waals surface area contributed by atoms with Crippen LogP contribution in [0.5, 0.6) is 0 Å². The molecule has 0 rings (SSSR count). The molecular weight excluding hydrogens is 198 g/mol. The Labute approximate surface area is 88.9 Å². The van der Waals surface area contributed by atoms with E-state index in [1.807, 2.05) is 13.0 Å². The highest BCUT2D eigenvalue weighted by molar-refractivity contribution is 5.80. The monoisotopic (exact) mass is 215 g/mol.